The molecule has 114 valence electrons. The summed E-state index contributed by atoms with van der Waals surface area (Å²) in [6.07, 6.45) is 1.54. The van der Waals surface area contributed by atoms with Crippen molar-refractivity contribution < 1.29 is 17.9 Å². The molecule has 0 aliphatic carbocycles. The van der Waals surface area contributed by atoms with Crippen LogP contribution in [-0.4, -0.2) is 48.3 Å². The van der Waals surface area contributed by atoms with Gasteiger partial charge in [0, 0.05) is 13.2 Å². The fraction of sp³-hybridized carbons (Fsp3) is 0.333. The monoisotopic (exact) mass is 331 g/mol. The molecule has 0 saturated heterocycles. The predicted molar refractivity (Wildman–Crippen MR) is 76.7 cm³/mol. The predicted octanol–water partition coefficient (Wildman–Crippen LogP) is 1.17. The number of sulfonamides is 1. The van der Waals surface area contributed by atoms with Gasteiger partial charge in [-0.25, -0.2) is 13.4 Å². The van der Waals surface area contributed by atoms with Gasteiger partial charge >= 0.3 is 5.97 Å². The Morgan fingerprint density at radius 1 is 1.48 bits per heavy atom. The zero-order valence-corrected chi connectivity index (χ0v) is 13.1. The number of halogens is 1. The smallest absolute Gasteiger partial charge is 0.321 e. The lowest BCUT2D eigenvalue weighted by Gasteiger charge is -2.15. The quantitative estimate of drug-likeness (QED) is 0.768. The number of pyridine rings is 1. The molecule has 0 aromatic carbocycles. The molecule has 0 bridgehead atoms. The van der Waals surface area contributed by atoms with Gasteiger partial charge in [0.15, 0.2) is 10.2 Å². The van der Waals surface area contributed by atoms with Crippen molar-refractivity contribution in [3.8, 4) is 0 Å². The fourth-order valence-electron chi connectivity index (χ4n) is 1.80. The van der Waals surface area contributed by atoms with Crippen molar-refractivity contribution in [2.45, 2.75) is 11.9 Å². The van der Waals surface area contributed by atoms with Gasteiger partial charge in [0.25, 0.3) is 10.0 Å². The summed E-state index contributed by atoms with van der Waals surface area (Å²) in [6, 6.07) is 5.02. The third-order valence-electron chi connectivity index (χ3n) is 2.76. The molecule has 2 aromatic heterocycles. The number of ether oxygens (including phenoxy) is 1. The number of imidazole rings is 1. The molecule has 0 atom stereocenters. The van der Waals surface area contributed by atoms with E-state index in [1.165, 1.54) is 11.4 Å². The van der Waals surface area contributed by atoms with Crippen LogP contribution in [0.2, 0.25) is 5.15 Å². The van der Waals surface area contributed by atoms with Crippen molar-refractivity contribution >= 4 is 33.2 Å². The summed E-state index contributed by atoms with van der Waals surface area (Å²) in [4.78, 5) is 15.4. The van der Waals surface area contributed by atoms with Crippen molar-refractivity contribution in [1.29, 1.82) is 0 Å². The number of aromatic nitrogens is 2. The van der Waals surface area contributed by atoms with Crippen LogP contribution in [0.1, 0.15) is 6.92 Å². The zero-order chi connectivity index (χ0) is 15.6. The van der Waals surface area contributed by atoms with Gasteiger partial charge in [0.1, 0.15) is 12.2 Å². The van der Waals surface area contributed by atoms with Crippen LogP contribution in [0.25, 0.3) is 5.65 Å². The SMILES string of the molecule is CCOC(=O)CN(C)S(=O)(=O)c1c(Cl)nc2ccccn12. The van der Waals surface area contributed by atoms with Gasteiger partial charge in [0.05, 0.1) is 6.61 Å². The van der Waals surface area contributed by atoms with Crippen molar-refractivity contribution in [1.82, 2.24) is 13.7 Å². The Hall–Kier alpha value is -1.64. The summed E-state index contributed by atoms with van der Waals surface area (Å²) in [5, 5.41) is -0.316. The van der Waals surface area contributed by atoms with Crippen molar-refractivity contribution in [2.75, 3.05) is 20.2 Å². The second-order valence-electron chi connectivity index (χ2n) is 4.20. The lowest BCUT2D eigenvalue weighted by molar-refractivity contribution is -0.143. The van der Waals surface area contributed by atoms with Gasteiger partial charge in [-0.1, -0.05) is 17.7 Å². The van der Waals surface area contributed by atoms with E-state index >= 15 is 0 Å². The highest BCUT2D eigenvalue weighted by molar-refractivity contribution is 7.89. The highest BCUT2D eigenvalue weighted by atomic mass is 35.5. The minimum atomic E-state index is -3.97. The molecule has 0 fully saturated rings. The second-order valence-corrected chi connectivity index (χ2v) is 6.52. The molecule has 2 aromatic rings. The maximum absolute atomic E-state index is 12.5. The summed E-state index contributed by atoms with van der Waals surface area (Å²) in [7, 11) is -2.68. The van der Waals surface area contributed by atoms with Gasteiger partial charge < -0.3 is 4.74 Å². The molecule has 2 heterocycles. The van der Waals surface area contributed by atoms with Crippen molar-refractivity contribution in [3.63, 3.8) is 0 Å². The molecule has 21 heavy (non-hydrogen) atoms. The molecular formula is C12H14ClN3O4S. The molecule has 0 amide bonds. The van der Waals surface area contributed by atoms with Crippen LogP contribution < -0.4 is 0 Å². The lowest BCUT2D eigenvalue weighted by atomic mass is 10.5. The van der Waals surface area contributed by atoms with Crippen LogP contribution in [-0.2, 0) is 19.6 Å². The van der Waals surface area contributed by atoms with Crippen LogP contribution in [0.5, 0.6) is 0 Å². The maximum Gasteiger partial charge on any atom is 0.321 e. The van der Waals surface area contributed by atoms with E-state index in [0.29, 0.717) is 5.65 Å². The molecule has 7 nitrogen and oxygen atoms in total. The first-order chi connectivity index (χ1) is 9.87. The first-order valence-corrected chi connectivity index (χ1v) is 7.94. The first kappa shape index (κ1) is 15.7. The maximum atomic E-state index is 12.5. The first-order valence-electron chi connectivity index (χ1n) is 6.12. The molecule has 2 rings (SSSR count). The average Bonchev–Trinajstić information content (AvgIpc) is 2.75. The number of esters is 1. The Morgan fingerprint density at radius 2 is 2.19 bits per heavy atom. The van der Waals surface area contributed by atoms with Gasteiger partial charge in [-0.05, 0) is 19.1 Å². The highest BCUT2D eigenvalue weighted by Crippen LogP contribution is 2.24. The van der Waals surface area contributed by atoms with E-state index in [2.05, 4.69) is 4.98 Å². The number of hydrogen-bond donors (Lipinski definition) is 0. The van der Waals surface area contributed by atoms with Crippen molar-refractivity contribution in [2.24, 2.45) is 0 Å². The third kappa shape index (κ3) is 3.02. The van der Waals surface area contributed by atoms with Crippen LogP contribution >= 0.6 is 11.6 Å². The summed E-state index contributed by atoms with van der Waals surface area (Å²) in [6.45, 7) is 1.43. The van der Waals surface area contributed by atoms with Gasteiger partial charge in [-0.15, -0.1) is 0 Å². The van der Waals surface area contributed by atoms with Gasteiger partial charge in [0.2, 0.25) is 0 Å². The Labute approximate surface area is 127 Å². The zero-order valence-electron chi connectivity index (χ0n) is 11.5. The van der Waals surface area contributed by atoms with Gasteiger partial charge in [-0.3, -0.25) is 9.20 Å². The topological polar surface area (TPSA) is 81.0 Å². The molecular weight excluding hydrogens is 318 g/mol. The number of rotatable bonds is 5. The molecule has 0 radical (unpaired) electrons. The van der Waals surface area contributed by atoms with Crippen LogP contribution in [0.4, 0.5) is 0 Å². The number of carbonyl (C=O) groups excluding carboxylic acids is 1. The highest BCUT2D eigenvalue weighted by Gasteiger charge is 2.30. The summed E-state index contributed by atoms with van der Waals surface area (Å²) >= 11 is 5.94. The number of nitrogens with zero attached hydrogens (tertiary/aromatic N) is 3. The molecule has 0 N–H and O–H groups in total. The average molecular weight is 332 g/mol. The molecule has 0 saturated carbocycles. The van der Waals surface area contributed by atoms with E-state index in [-0.39, 0.29) is 16.8 Å². The van der Waals surface area contributed by atoms with E-state index in [9.17, 15) is 13.2 Å². The lowest BCUT2D eigenvalue weighted by Crippen LogP contribution is -2.33. The Kier molecular flexibility index (Phi) is 4.50. The van der Waals surface area contributed by atoms with Crippen LogP contribution in [0.15, 0.2) is 29.4 Å². The van der Waals surface area contributed by atoms with Gasteiger partial charge in [-0.2, -0.15) is 4.31 Å². The Balaban J connectivity index is 2.42. The molecule has 9 heteroatoms. The van der Waals surface area contributed by atoms with E-state index in [1.807, 2.05) is 0 Å². The molecule has 0 spiro atoms. The second kappa shape index (κ2) is 6.00. The minimum Gasteiger partial charge on any atom is -0.465 e. The number of carbonyl (C=O) groups is 1. The number of hydrogen-bond acceptors (Lipinski definition) is 5. The van der Waals surface area contributed by atoms with E-state index in [1.54, 1.807) is 31.3 Å². The normalized spacial score (nSPS) is 12.0. The Bertz CT molecular complexity index is 772. The fourth-order valence-corrected chi connectivity index (χ4v) is 3.50. The Morgan fingerprint density at radius 3 is 2.86 bits per heavy atom. The van der Waals surface area contributed by atoms with Crippen molar-refractivity contribution in [3.05, 3.63) is 29.5 Å². The van der Waals surface area contributed by atoms with Crippen LogP contribution in [0.3, 0.4) is 0 Å². The summed E-state index contributed by atoms with van der Waals surface area (Å²) in [5.74, 6) is -0.631. The summed E-state index contributed by atoms with van der Waals surface area (Å²) < 4.78 is 32.1. The summed E-state index contributed by atoms with van der Waals surface area (Å²) in [5.41, 5.74) is 0.408. The number of likely N-dealkylation sites (N-methyl/N-ethyl adjacent to an activating group) is 1. The van der Waals surface area contributed by atoms with E-state index in [0.717, 1.165) is 4.31 Å². The molecule has 0 unspecified atom stereocenters. The largest absolute Gasteiger partial charge is 0.465 e. The molecule has 0 aliphatic heterocycles. The van der Waals surface area contributed by atoms with E-state index < -0.39 is 22.5 Å². The van der Waals surface area contributed by atoms with E-state index in [4.69, 9.17) is 16.3 Å². The standard InChI is InChI=1S/C12H14ClN3O4S/c1-3-20-10(17)8-15(2)21(18,19)12-11(13)14-9-6-4-5-7-16(9)12/h4-7H,3,8H2,1-2H3. The van der Waals surface area contributed by atoms with Crippen LogP contribution in [0, 0.1) is 0 Å². The molecule has 0 aliphatic rings. The minimum absolute atomic E-state index is 0.142. The number of fused-ring (bicyclic) bond motifs is 1. The third-order valence-corrected chi connectivity index (χ3v) is 4.96.